The molecule has 1 N–H and O–H groups in total. The van der Waals surface area contributed by atoms with E-state index < -0.39 is 5.82 Å². The Kier molecular flexibility index (Phi) is 5.85. The fourth-order valence-electron chi connectivity index (χ4n) is 1.44. The van der Waals surface area contributed by atoms with E-state index in [9.17, 15) is 4.39 Å². The minimum Gasteiger partial charge on any atom is -0.355 e. The normalized spacial score (nSPS) is 13.1. The van der Waals surface area contributed by atoms with Gasteiger partial charge in [-0.1, -0.05) is 17.7 Å². The topological polar surface area (TPSA) is 30.5 Å². The van der Waals surface area contributed by atoms with Crippen molar-refractivity contribution in [2.45, 2.75) is 19.3 Å². The minimum atomic E-state index is -0.409. The van der Waals surface area contributed by atoms with Gasteiger partial charge in [-0.25, -0.2) is 4.39 Å². The fourth-order valence-corrected chi connectivity index (χ4v) is 1.55. The van der Waals surface area contributed by atoms with Gasteiger partial charge in [-0.05, 0) is 24.6 Å². The van der Waals surface area contributed by atoms with E-state index >= 15 is 0 Å². The van der Waals surface area contributed by atoms with Crippen molar-refractivity contribution >= 4 is 11.6 Å². The Morgan fingerprint density at radius 3 is 2.53 bits per heavy atom. The average molecular weight is 262 g/mol. The maximum absolute atomic E-state index is 13.3. The molecule has 1 atom stereocenters. The monoisotopic (exact) mass is 261 g/mol. The van der Waals surface area contributed by atoms with Gasteiger partial charge in [0, 0.05) is 26.8 Å². The quantitative estimate of drug-likeness (QED) is 0.799. The molecule has 96 valence electrons. The lowest BCUT2D eigenvalue weighted by atomic mass is 10.1. The third-order valence-corrected chi connectivity index (χ3v) is 2.87. The summed E-state index contributed by atoms with van der Waals surface area (Å²) in [5, 5.41) is 3.32. The molecule has 1 rings (SSSR count). The summed E-state index contributed by atoms with van der Waals surface area (Å²) < 4.78 is 23.4. The largest absolute Gasteiger partial charge is 0.355 e. The lowest BCUT2D eigenvalue weighted by Gasteiger charge is -2.19. The van der Waals surface area contributed by atoms with Crippen molar-refractivity contribution in [1.82, 2.24) is 5.32 Å². The summed E-state index contributed by atoms with van der Waals surface area (Å²) in [6.45, 7) is 2.46. The molecule has 0 aliphatic carbocycles. The number of rotatable bonds is 6. The first kappa shape index (κ1) is 14.4. The number of hydrogen-bond donors (Lipinski definition) is 1. The molecule has 17 heavy (non-hydrogen) atoms. The average Bonchev–Trinajstić information content (AvgIpc) is 2.33. The van der Waals surface area contributed by atoms with Gasteiger partial charge < -0.3 is 14.8 Å². The van der Waals surface area contributed by atoms with Gasteiger partial charge in [0.25, 0.3) is 0 Å². The van der Waals surface area contributed by atoms with Gasteiger partial charge in [-0.2, -0.15) is 0 Å². The van der Waals surface area contributed by atoms with Crippen LogP contribution < -0.4 is 5.32 Å². The van der Waals surface area contributed by atoms with Crippen molar-refractivity contribution in [3.8, 4) is 0 Å². The van der Waals surface area contributed by atoms with Crippen molar-refractivity contribution in [2.75, 3.05) is 20.8 Å². The predicted octanol–water partition coefficient (Wildman–Crippen LogP) is 2.75. The van der Waals surface area contributed by atoms with Gasteiger partial charge in [-0.15, -0.1) is 0 Å². The molecule has 1 unspecified atom stereocenters. The molecule has 0 radical (unpaired) electrons. The van der Waals surface area contributed by atoms with Crippen molar-refractivity contribution in [2.24, 2.45) is 0 Å². The molecule has 5 heteroatoms. The van der Waals surface area contributed by atoms with Crippen molar-refractivity contribution < 1.29 is 13.9 Å². The summed E-state index contributed by atoms with van der Waals surface area (Å²) in [5.41, 5.74) is 0.831. The van der Waals surface area contributed by atoms with E-state index in [0.29, 0.717) is 6.54 Å². The first-order valence-corrected chi connectivity index (χ1v) is 5.70. The van der Waals surface area contributed by atoms with Crippen LogP contribution in [0.4, 0.5) is 4.39 Å². The number of ether oxygens (including phenoxy) is 2. The van der Waals surface area contributed by atoms with Crippen LogP contribution in [0.5, 0.6) is 0 Å². The second-order valence-electron chi connectivity index (χ2n) is 3.70. The molecule has 0 saturated heterocycles. The van der Waals surface area contributed by atoms with Crippen LogP contribution in [0.25, 0.3) is 0 Å². The number of halogens is 2. The number of methoxy groups -OCH3 is 2. The number of benzene rings is 1. The molecule has 0 fully saturated rings. The summed E-state index contributed by atoms with van der Waals surface area (Å²) in [4.78, 5) is 0. The van der Waals surface area contributed by atoms with Gasteiger partial charge in [0.1, 0.15) is 5.82 Å². The summed E-state index contributed by atoms with van der Waals surface area (Å²) >= 11 is 5.62. The highest BCUT2D eigenvalue weighted by molar-refractivity contribution is 6.30. The summed E-state index contributed by atoms with van der Waals surface area (Å²) in [6.07, 6.45) is -0.311. The van der Waals surface area contributed by atoms with Gasteiger partial charge in [0.05, 0.1) is 5.02 Å². The van der Waals surface area contributed by atoms with Crippen LogP contribution in [-0.2, 0) is 9.47 Å². The minimum absolute atomic E-state index is 0.00503. The molecule has 1 aromatic carbocycles. The molecule has 0 saturated carbocycles. The van der Waals surface area contributed by atoms with Crippen LogP contribution in [-0.4, -0.2) is 27.1 Å². The van der Waals surface area contributed by atoms with Crippen LogP contribution in [0.15, 0.2) is 18.2 Å². The molecule has 0 aliphatic rings. The van der Waals surface area contributed by atoms with Gasteiger partial charge in [0.2, 0.25) is 0 Å². The zero-order valence-electron chi connectivity index (χ0n) is 10.2. The van der Waals surface area contributed by atoms with E-state index in [-0.39, 0.29) is 17.4 Å². The molecule has 0 aliphatic heterocycles. The Morgan fingerprint density at radius 1 is 1.35 bits per heavy atom. The Labute approximate surface area is 106 Å². The fraction of sp³-hybridized carbons (Fsp3) is 0.500. The van der Waals surface area contributed by atoms with Crippen LogP contribution in [0, 0.1) is 5.82 Å². The van der Waals surface area contributed by atoms with E-state index in [1.54, 1.807) is 26.4 Å². The molecule has 0 amide bonds. The highest BCUT2D eigenvalue weighted by Gasteiger charge is 2.11. The van der Waals surface area contributed by atoms with Crippen LogP contribution >= 0.6 is 11.6 Å². The molecule has 0 aromatic heterocycles. The zero-order chi connectivity index (χ0) is 12.8. The van der Waals surface area contributed by atoms with Crippen molar-refractivity contribution in [1.29, 1.82) is 0 Å². The van der Waals surface area contributed by atoms with E-state index in [1.165, 1.54) is 6.07 Å². The lowest BCUT2D eigenvalue weighted by molar-refractivity contribution is -0.0997. The van der Waals surface area contributed by atoms with Crippen LogP contribution in [0.3, 0.4) is 0 Å². The number of hydrogen-bond acceptors (Lipinski definition) is 3. The van der Waals surface area contributed by atoms with Gasteiger partial charge in [-0.3, -0.25) is 0 Å². The van der Waals surface area contributed by atoms with E-state index in [4.69, 9.17) is 21.1 Å². The van der Waals surface area contributed by atoms with Crippen molar-refractivity contribution in [3.05, 3.63) is 34.6 Å². The molecule has 0 spiro atoms. The van der Waals surface area contributed by atoms with Crippen LogP contribution in [0.1, 0.15) is 18.5 Å². The molecule has 3 nitrogen and oxygen atoms in total. The summed E-state index contributed by atoms with van der Waals surface area (Å²) in [6, 6.07) is 4.76. The third-order valence-electron chi connectivity index (χ3n) is 2.56. The number of nitrogens with one attached hydrogen (secondary N) is 1. The van der Waals surface area contributed by atoms with Gasteiger partial charge in [0.15, 0.2) is 6.29 Å². The molecule has 1 aromatic rings. The predicted molar refractivity (Wildman–Crippen MR) is 65.6 cm³/mol. The second-order valence-corrected chi connectivity index (χ2v) is 4.11. The SMILES string of the molecule is COC(CNC(C)c1ccc(Cl)c(F)c1)OC. The second kappa shape index (κ2) is 6.91. The Morgan fingerprint density at radius 2 is 2.00 bits per heavy atom. The maximum Gasteiger partial charge on any atom is 0.169 e. The molecular formula is C12H17ClFNO2. The molecule has 0 bridgehead atoms. The third kappa shape index (κ3) is 4.24. The Bertz CT molecular complexity index is 358. The van der Waals surface area contributed by atoms with Crippen molar-refractivity contribution in [3.63, 3.8) is 0 Å². The Hall–Kier alpha value is -0.680. The summed E-state index contributed by atoms with van der Waals surface area (Å²) in [7, 11) is 3.14. The van der Waals surface area contributed by atoms with E-state index in [2.05, 4.69) is 5.32 Å². The standard InChI is InChI=1S/C12H17ClFNO2/c1-8(15-7-12(16-2)17-3)9-4-5-10(13)11(14)6-9/h4-6,8,12,15H,7H2,1-3H3. The van der Waals surface area contributed by atoms with Gasteiger partial charge >= 0.3 is 0 Å². The summed E-state index contributed by atoms with van der Waals surface area (Å²) in [5.74, 6) is -0.409. The first-order chi connectivity index (χ1) is 8.08. The zero-order valence-corrected chi connectivity index (χ0v) is 10.9. The molecular weight excluding hydrogens is 245 g/mol. The first-order valence-electron chi connectivity index (χ1n) is 5.32. The van der Waals surface area contributed by atoms with E-state index in [0.717, 1.165) is 5.56 Å². The molecule has 0 heterocycles. The highest BCUT2D eigenvalue weighted by atomic mass is 35.5. The van der Waals surface area contributed by atoms with Crippen LogP contribution in [0.2, 0.25) is 5.02 Å². The highest BCUT2D eigenvalue weighted by Crippen LogP contribution is 2.19. The lowest BCUT2D eigenvalue weighted by Crippen LogP contribution is -2.31. The van der Waals surface area contributed by atoms with E-state index in [1.807, 2.05) is 6.92 Å². The smallest absolute Gasteiger partial charge is 0.169 e. The Balaban J connectivity index is 2.57. The maximum atomic E-state index is 13.3.